The lowest BCUT2D eigenvalue weighted by molar-refractivity contribution is 0.901. The van der Waals surface area contributed by atoms with Crippen molar-refractivity contribution in [1.82, 2.24) is 9.97 Å². The highest BCUT2D eigenvalue weighted by atomic mass is 32.1. The molecule has 3 aromatic rings. The van der Waals surface area contributed by atoms with E-state index >= 15 is 0 Å². The van der Waals surface area contributed by atoms with Crippen LogP contribution in [0, 0.1) is 0 Å². The van der Waals surface area contributed by atoms with E-state index in [0.29, 0.717) is 5.13 Å². The molecule has 2 N–H and O–H groups in total. The smallest absolute Gasteiger partial charge is 0.180 e. The van der Waals surface area contributed by atoms with Gasteiger partial charge in [0.2, 0.25) is 0 Å². The molecule has 21 heavy (non-hydrogen) atoms. The zero-order chi connectivity index (χ0) is 14.4. The molecular weight excluding hydrogens is 278 g/mol. The molecule has 4 heteroatoms. The quantitative estimate of drug-likeness (QED) is 0.777. The van der Waals surface area contributed by atoms with Gasteiger partial charge >= 0.3 is 0 Å². The van der Waals surface area contributed by atoms with Crippen molar-refractivity contribution >= 4 is 27.4 Å². The monoisotopic (exact) mass is 295 g/mol. The third-order valence-electron chi connectivity index (χ3n) is 4.29. The second kappa shape index (κ2) is 4.81. The van der Waals surface area contributed by atoms with Crippen molar-refractivity contribution in [3.05, 3.63) is 40.4 Å². The van der Waals surface area contributed by atoms with Crippen molar-refractivity contribution in [1.29, 1.82) is 0 Å². The Hall–Kier alpha value is -1.94. The number of hydrogen-bond donors (Lipinski definition) is 1. The standard InChI is InChI=1S/C17H17N3S/c1-2-10-5-3-7-12-15(14-9-21-17(18)20-14)11-6-4-8-13(11)19-16(10)12/h3,5,7,9H,2,4,6,8H2,1H3,(H2,18,20). The van der Waals surface area contributed by atoms with E-state index in [9.17, 15) is 0 Å². The Kier molecular flexibility index (Phi) is 2.93. The predicted octanol–water partition coefficient (Wildman–Crippen LogP) is 3.99. The van der Waals surface area contributed by atoms with Crippen LogP contribution in [0.3, 0.4) is 0 Å². The molecule has 0 fully saturated rings. The van der Waals surface area contributed by atoms with E-state index in [0.717, 1.165) is 30.5 Å². The molecule has 0 unspecified atom stereocenters. The third-order valence-corrected chi connectivity index (χ3v) is 4.96. The lowest BCUT2D eigenvalue weighted by Gasteiger charge is -2.13. The molecule has 1 aliphatic rings. The first-order chi connectivity index (χ1) is 10.3. The summed E-state index contributed by atoms with van der Waals surface area (Å²) < 4.78 is 0. The van der Waals surface area contributed by atoms with Crippen LogP contribution < -0.4 is 5.73 Å². The van der Waals surface area contributed by atoms with Gasteiger partial charge in [0, 0.05) is 22.0 Å². The molecule has 1 aromatic carbocycles. The normalized spacial score (nSPS) is 13.8. The van der Waals surface area contributed by atoms with E-state index in [2.05, 4.69) is 35.5 Å². The maximum atomic E-state index is 5.85. The van der Waals surface area contributed by atoms with Crippen LogP contribution in [0.1, 0.15) is 30.2 Å². The van der Waals surface area contributed by atoms with E-state index in [1.165, 1.54) is 45.5 Å². The first kappa shape index (κ1) is 12.8. The van der Waals surface area contributed by atoms with Crippen molar-refractivity contribution in [2.45, 2.75) is 32.6 Å². The Morgan fingerprint density at radius 1 is 1.24 bits per heavy atom. The van der Waals surface area contributed by atoms with E-state index < -0.39 is 0 Å². The maximum absolute atomic E-state index is 5.85. The fourth-order valence-corrected chi connectivity index (χ4v) is 3.88. The summed E-state index contributed by atoms with van der Waals surface area (Å²) in [5, 5.41) is 3.93. The van der Waals surface area contributed by atoms with Crippen molar-refractivity contribution in [2.24, 2.45) is 0 Å². The molecule has 1 aliphatic carbocycles. The van der Waals surface area contributed by atoms with Crippen LogP contribution in [0.15, 0.2) is 23.6 Å². The molecule has 0 saturated carbocycles. The van der Waals surface area contributed by atoms with Gasteiger partial charge in [-0.3, -0.25) is 4.98 Å². The van der Waals surface area contributed by atoms with Gasteiger partial charge in [0.05, 0.1) is 11.2 Å². The van der Waals surface area contributed by atoms with Crippen molar-refractivity contribution < 1.29 is 0 Å². The van der Waals surface area contributed by atoms with Gasteiger partial charge in [-0.05, 0) is 36.8 Å². The number of hydrogen-bond acceptors (Lipinski definition) is 4. The summed E-state index contributed by atoms with van der Waals surface area (Å²) in [5.74, 6) is 0. The van der Waals surface area contributed by atoms with Crippen LogP contribution in [0.5, 0.6) is 0 Å². The van der Waals surface area contributed by atoms with Crippen LogP contribution in [-0.2, 0) is 19.3 Å². The highest BCUT2D eigenvalue weighted by molar-refractivity contribution is 7.13. The van der Waals surface area contributed by atoms with Gasteiger partial charge in [-0.2, -0.15) is 0 Å². The van der Waals surface area contributed by atoms with Crippen LogP contribution >= 0.6 is 11.3 Å². The van der Waals surface area contributed by atoms with Crippen molar-refractivity contribution in [2.75, 3.05) is 5.73 Å². The van der Waals surface area contributed by atoms with E-state index in [1.54, 1.807) is 0 Å². The Morgan fingerprint density at radius 3 is 2.90 bits per heavy atom. The molecule has 0 atom stereocenters. The average molecular weight is 295 g/mol. The summed E-state index contributed by atoms with van der Waals surface area (Å²) in [7, 11) is 0. The molecule has 2 aromatic heterocycles. The molecule has 3 nitrogen and oxygen atoms in total. The van der Waals surface area contributed by atoms with Crippen molar-refractivity contribution in [3.8, 4) is 11.3 Å². The van der Waals surface area contributed by atoms with Crippen LogP contribution in [0.4, 0.5) is 5.13 Å². The minimum absolute atomic E-state index is 0.633. The number of nitrogens with zero attached hydrogens (tertiary/aromatic N) is 2. The number of nitrogens with two attached hydrogens (primary N) is 1. The minimum atomic E-state index is 0.633. The lowest BCUT2D eigenvalue weighted by atomic mass is 9.96. The molecule has 0 radical (unpaired) electrons. The number of pyridine rings is 1. The first-order valence-corrected chi connectivity index (χ1v) is 8.30. The molecular formula is C17H17N3S. The molecule has 0 aliphatic heterocycles. The summed E-state index contributed by atoms with van der Waals surface area (Å²) in [5.41, 5.74) is 13.2. The summed E-state index contributed by atoms with van der Waals surface area (Å²) in [4.78, 5) is 9.50. The Morgan fingerprint density at radius 2 is 2.14 bits per heavy atom. The highest BCUT2D eigenvalue weighted by Crippen LogP contribution is 2.38. The second-order valence-corrected chi connectivity index (χ2v) is 6.39. The van der Waals surface area contributed by atoms with Gasteiger partial charge in [-0.1, -0.05) is 25.1 Å². The lowest BCUT2D eigenvalue weighted by Crippen LogP contribution is -1.98. The van der Waals surface area contributed by atoms with Gasteiger partial charge in [-0.15, -0.1) is 11.3 Å². The van der Waals surface area contributed by atoms with E-state index in [-0.39, 0.29) is 0 Å². The summed E-state index contributed by atoms with van der Waals surface area (Å²) in [6.07, 6.45) is 4.37. The molecule has 106 valence electrons. The number of aryl methyl sites for hydroxylation is 2. The summed E-state index contributed by atoms with van der Waals surface area (Å²) >= 11 is 1.51. The molecule has 0 amide bonds. The minimum Gasteiger partial charge on any atom is -0.375 e. The fourth-order valence-electron chi connectivity index (χ4n) is 3.32. The van der Waals surface area contributed by atoms with Gasteiger partial charge in [0.15, 0.2) is 5.13 Å². The molecule has 4 rings (SSSR count). The molecule has 0 spiro atoms. The summed E-state index contributed by atoms with van der Waals surface area (Å²) in [6, 6.07) is 6.48. The fraction of sp³-hybridized carbons (Fsp3) is 0.294. The topological polar surface area (TPSA) is 51.8 Å². The highest BCUT2D eigenvalue weighted by Gasteiger charge is 2.22. The second-order valence-electron chi connectivity index (χ2n) is 5.50. The van der Waals surface area contributed by atoms with Gasteiger partial charge in [-0.25, -0.2) is 4.98 Å². The zero-order valence-corrected chi connectivity index (χ0v) is 12.8. The van der Waals surface area contributed by atoms with E-state index in [1.807, 2.05) is 0 Å². The van der Waals surface area contributed by atoms with Crippen LogP contribution in [0.2, 0.25) is 0 Å². The number of benzene rings is 1. The summed E-state index contributed by atoms with van der Waals surface area (Å²) in [6.45, 7) is 2.18. The number of thiazole rings is 1. The van der Waals surface area contributed by atoms with E-state index in [4.69, 9.17) is 10.7 Å². The van der Waals surface area contributed by atoms with Crippen molar-refractivity contribution in [3.63, 3.8) is 0 Å². The SMILES string of the molecule is CCc1cccc2c(-c3csc(N)n3)c3c(nc12)CCC3. The Bertz CT molecular complexity index is 835. The molecule has 2 heterocycles. The Labute approximate surface area is 127 Å². The first-order valence-electron chi connectivity index (χ1n) is 7.42. The van der Waals surface area contributed by atoms with Gasteiger partial charge in [0.1, 0.15) is 0 Å². The number of rotatable bonds is 2. The largest absolute Gasteiger partial charge is 0.375 e. The maximum Gasteiger partial charge on any atom is 0.180 e. The van der Waals surface area contributed by atoms with Gasteiger partial charge in [0.25, 0.3) is 0 Å². The number of para-hydroxylation sites is 1. The van der Waals surface area contributed by atoms with Crippen LogP contribution in [0.25, 0.3) is 22.2 Å². The number of anilines is 1. The zero-order valence-electron chi connectivity index (χ0n) is 12.0. The van der Waals surface area contributed by atoms with Crippen LogP contribution in [-0.4, -0.2) is 9.97 Å². The number of fused-ring (bicyclic) bond motifs is 2. The van der Waals surface area contributed by atoms with Gasteiger partial charge < -0.3 is 5.73 Å². The molecule has 0 saturated heterocycles. The molecule has 0 bridgehead atoms. The average Bonchev–Trinajstić information content (AvgIpc) is 3.12. The predicted molar refractivity (Wildman–Crippen MR) is 88.7 cm³/mol. The number of nitrogen functional groups attached to an aromatic ring is 1. The number of aromatic nitrogens is 2. The Balaban J connectivity index is 2.12. The third kappa shape index (κ3) is 1.94.